The first-order valence-electron chi connectivity index (χ1n) is 8.00. The highest BCUT2D eigenvalue weighted by atomic mass is 16.5. The Morgan fingerprint density at radius 2 is 2.12 bits per heavy atom. The number of carbonyl (C=O) groups excluding carboxylic acids is 1. The molecular formula is C18H16N4O3. The molecule has 0 unspecified atom stereocenters. The van der Waals surface area contributed by atoms with E-state index in [1.165, 1.54) is 12.4 Å². The van der Waals surface area contributed by atoms with Crippen molar-refractivity contribution in [2.45, 2.75) is 19.6 Å². The van der Waals surface area contributed by atoms with Crippen LogP contribution in [-0.4, -0.2) is 32.3 Å². The molecule has 0 bridgehead atoms. The summed E-state index contributed by atoms with van der Waals surface area (Å²) >= 11 is 0. The third kappa shape index (κ3) is 3.35. The van der Waals surface area contributed by atoms with E-state index in [4.69, 9.17) is 9.15 Å². The smallest absolute Gasteiger partial charge is 0.274 e. The Morgan fingerprint density at radius 3 is 2.92 bits per heavy atom. The van der Waals surface area contributed by atoms with Crippen molar-refractivity contribution in [3.8, 4) is 5.75 Å². The number of para-hydroxylation sites is 1. The zero-order valence-corrected chi connectivity index (χ0v) is 13.5. The summed E-state index contributed by atoms with van der Waals surface area (Å²) in [5.74, 6) is 1.83. The molecule has 25 heavy (non-hydrogen) atoms. The van der Waals surface area contributed by atoms with Crippen LogP contribution in [0.4, 0.5) is 0 Å². The second-order valence-electron chi connectivity index (χ2n) is 5.65. The van der Waals surface area contributed by atoms with Gasteiger partial charge in [-0.2, -0.15) is 0 Å². The van der Waals surface area contributed by atoms with Gasteiger partial charge in [0.1, 0.15) is 17.2 Å². The van der Waals surface area contributed by atoms with Gasteiger partial charge in [0.05, 0.1) is 18.4 Å². The van der Waals surface area contributed by atoms with Gasteiger partial charge in [-0.15, -0.1) is 0 Å². The molecule has 126 valence electrons. The second kappa shape index (κ2) is 6.72. The fourth-order valence-corrected chi connectivity index (χ4v) is 2.72. The molecule has 0 N–H and O–H groups in total. The summed E-state index contributed by atoms with van der Waals surface area (Å²) in [7, 11) is 0. The Bertz CT molecular complexity index is 865. The monoisotopic (exact) mass is 336 g/mol. The molecule has 1 amide bonds. The van der Waals surface area contributed by atoms with Crippen LogP contribution in [0.2, 0.25) is 0 Å². The predicted octanol–water partition coefficient (Wildman–Crippen LogP) is 2.24. The number of rotatable bonds is 4. The van der Waals surface area contributed by atoms with Crippen molar-refractivity contribution in [3.05, 3.63) is 72.0 Å². The van der Waals surface area contributed by atoms with Crippen molar-refractivity contribution in [1.29, 1.82) is 0 Å². The lowest BCUT2D eigenvalue weighted by Gasteiger charge is -2.24. The molecule has 0 saturated heterocycles. The number of benzene rings is 1. The SMILES string of the molecule is O=C(c1cnccn1)N1CCc2nc(COc3ccccc3)oc2C1. The lowest BCUT2D eigenvalue weighted by molar-refractivity contribution is 0.0711. The summed E-state index contributed by atoms with van der Waals surface area (Å²) in [6, 6.07) is 9.51. The summed E-state index contributed by atoms with van der Waals surface area (Å²) in [4.78, 5) is 26.6. The van der Waals surface area contributed by atoms with Gasteiger partial charge in [-0.25, -0.2) is 9.97 Å². The largest absolute Gasteiger partial charge is 0.484 e. The number of nitrogens with zero attached hydrogens (tertiary/aromatic N) is 4. The van der Waals surface area contributed by atoms with Crippen LogP contribution in [0, 0.1) is 0 Å². The van der Waals surface area contributed by atoms with Crippen LogP contribution in [0.25, 0.3) is 0 Å². The van der Waals surface area contributed by atoms with Crippen LogP contribution in [0.15, 0.2) is 53.3 Å². The zero-order valence-electron chi connectivity index (χ0n) is 13.5. The molecule has 1 aromatic carbocycles. The molecule has 0 spiro atoms. The summed E-state index contributed by atoms with van der Waals surface area (Å²) in [5.41, 5.74) is 1.22. The molecule has 0 radical (unpaired) electrons. The number of carbonyl (C=O) groups is 1. The quantitative estimate of drug-likeness (QED) is 0.727. The molecule has 3 aromatic rings. The van der Waals surface area contributed by atoms with Gasteiger partial charge in [-0.1, -0.05) is 18.2 Å². The molecule has 7 heteroatoms. The summed E-state index contributed by atoms with van der Waals surface area (Å²) < 4.78 is 11.4. The van der Waals surface area contributed by atoms with Gasteiger partial charge < -0.3 is 14.1 Å². The molecule has 3 heterocycles. The number of oxazole rings is 1. The van der Waals surface area contributed by atoms with Crippen LogP contribution < -0.4 is 4.74 Å². The third-order valence-electron chi connectivity index (χ3n) is 3.95. The van der Waals surface area contributed by atoms with E-state index in [1.54, 1.807) is 11.1 Å². The van der Waals surface area contributed by atoms with Crippen molar-refractivity contribution in [2.75, 3.05) is 6.54 Å². The molecule has 1 aliphatic rings. The second-order valence-corrected chi connectivity index (χ2v) is 5.65. The van der Waals surface area contributed by atoms with Gasteiger partial charge in [0, 0.05) is 25.4 Å². The van der Waals surface area contributed by atoms with E-state index in [1.807, 2.05) is 30.3 Å². The average molecular weight is 336 g/mol. The van der Waals surface area contributed by atoms with Gasteiger partial charge in [0.2, 0.25) is 5.89 Å². The summed E-state index contributed by atoms with van der Waals surface area (Å²) in [6.07, 6.45) is 5.17. The Kier molecular flexibility index (Phi) is 4.12. The summed E-state index contributed by atoms with van der Waals surface area (Å²) in [6.45, 7) is 1.21. The van der Waals surface area contributed by atoms with Gasteiger partial charge in [-0.3, -0.25) is 9.78 Å². The van der Waals surface area contributed by atoms with Crippen LogP contribution >= 0.6 is 0 Å². The fraction of sp³-hybridized carbons (Fsp3) is 0.222. The van der Waals surface area contributed by atoms with Crippen molar-refractivity contribution in [1.82, 2.24) is 19.9 Å². The van der Waals surface area contributed by atoms with Crippen molar-refractivity contribution >= 4 is 5.91 Å². The minimum absolute atomic E-state index is 0.155. The predicted molar refractivity (Wildman–Crippen MR) is 87.8 cm³/mol. The number of fused-ring (bicyclic) bond motifs is 1. The molecular weight excluding hydrogens is 320 g/mol. The molecule has 0 saturated carbocycles. The fourth-order valence-electron chi connectivity index (χ4n) is 2.72. The standard InChI is InChI=1S/C18H16N4O3/c23-18(15-10-19-7-8-20-15)22-9-6-14-16(11-22)25-17(21-14)12-24-13-4-2-1-3-5-13/h1-5,7-8,10H,6,9,11-12H2. The highest BCUT2D eigenvalue weighted by Gasteiger charge is 2.27. The maximum atomic E-state index is 12.5. The van der Waals surface area contributed by atoms with E-state index < -0.39 is 0 Å². The Morgan fingerprint density at radius 1 is 1.24 bits per heavy atom. The first-order chi connectivity index (χ1) is 12.3. The zero-order chi connectivity index (χ0) is 17.1. The highest BCUT2D eigenvalue weighted by molar-refractivity contribution is 5.92. The van der Waals surface area contributed by atoms with Crippen molar-refractivity contribution in [2.24, 2.45) is 0 Å². The minimum Gasteiger partial charge on any atom is -0.484 e. The molecule has 2 aromatic heterocycles. The van der Waals surface area contributed by atoms with E-state index in [-0.39, 0.29) is 12.5 Å². The number of ether oxygens (including phenoxy) is 1. The van der Waals surface area contributed by atoms with Gasteiger partial charge in [0.15, 0.2) is 6.61 Å². The lowest BCUT2D eigenvalue weighted by Crippen LogP contribution is -2.36. The highest BCUT2D eigenvalue weighted by Crippen LogP contribution is 2.22. The first kappa shape index (κ1) is 15.3. The van der Waals surface area contributed by atoms with Crippen molar-refractivity contribution in [3.63, 3.8) is 0 Å². The Hall–Kier alpha value is -3.22. The maximum absolute atomic E-state index is 12.5. The molecule has 4 rings (SSSR count). The van der Waals surface area contributed by atoms with Gasteiger partial charge in [-0.05, 0) is 12.1 Å². The first-order valence-corrected chi connectivity index (χ1v) is 8.00. The summed E-state index contributed by atoms with van der Waals surface area (Å²) in [5, 5.41) is 0. The van der Waals surface area contributed by atoms with E-state index >= 15 is 0 Å². The third-order valence-corrected chi connectivity index (χ3v) is 3.95. The molecule has 1 aliphatic heterocycles. The van der Waals surface area contributed by atoms with Gasteiger partial charge >= 0.3 is 0 Å². The number of hydrogen-bond acceptors (Lipinski definition) is 6. The van der Waals surface area contributed by atoms with E-state index in [2.05, 4.69) is 15.0 Å². The van der Waals surface area contributed by atoms with E-state index in [0.717, 1.165) is 11.4 Å². The molecule has 0 aliphatic carbocycles. The average Bonchev–Trinajstić information content (AvgIpc) is 3.09. The van der Waals surface area contributed by atoms with Crippen LogP contribution in [0.1, 0.15) is 27.8 Å². The molecule has 0 fully saturated rings. The maximum Gasteiger partial charge on any atom is 0.274 e. The molecule has 0 atom stereocenters. The van der Waals surface area contributed by atoms with E-state index in [9.17, 15) is 4.79 Å². The number of hydrogen-bond donors (Lipinski definition) is 0. The number of amides is 1. The molecule has 7 nitrogen and oxygen atoms in total. The Balaban J connectivity index is 1.43. The normalized spacial score (nSPS) is 13.4. The van der Waals surface area contributed by atoms with Gasteiger partial charge in [0.25, 0.3) is 5.91 Å². The van der Waals surface area contributed by atoms with Crippen molar-refractivity contribution < 1.29 is 13.9 Å². The van der Waals surface area contributed by atoms with E-state index in [0.29, 0.717) is 36.9 Å². The van der Waals surface area contributed by atoms with Crippen LogP contribution in [-0.2, 0) is 19.6 Å². The topological polar surface area (TPSA) is 81.4 Å². The Labute approximate surface area is 144 Å². The minimum atomic E-state index is -0.155. The van der Waals surface area contributed by atoms with Crippen LogP contribution in [0.3, 0.4) is 0 Å². The van der Waals surface area contributed by atoms with Crippen LogP contribution in [0.5, 0.6) is 5.75 Å². The lowest BCUT2D eigenvalue weighted by atomic mass is 10.1. The number of aromatic nitrogens is 3.